The molecule has 8 heteroatoms. The minimum atomic E-state index is -0.960. The highest BCUT2D eigenvalue weighted by Crippen LogP contribution is 2.25. The van der Waals surface area contributed by atoms with Gasteiger partial charge in [-0.25, -0.2) is 4.39 Å². The molecule has 0 aliphatic carbocycles. The Labute approximate surface area is 204 Å². The van der Waals surface area contributed by atoms with Gasteiger partial charge in [0.1, 0.15) is 11.6 Å². The number of anilines is 2. The van der Waals surface area contributed by atoms with E-state index >= 15 is 0 Å². The fourth-order valence-corrected chi connectivity index (χ4v) is 3.32. The highest BCUT2D eigenvalue weighted by molar-refractivity contribution is 6.08. The first-order valence-corrected chi connectivity index (χ1v) is 11.1. The number of halogens is 1. The van der Waals surface area contributed by atoms with E-state index in [1.54, 1.807) is 51.2 Å². The average molecular weight is 475 g/mol. The number of pyridine rings is 1. The van der Waals surface area contributed by atoms with Crippen LogP contribution in [0.25, 0.3) is 0 Å². The Morgan fingerprint density at radius 2 is 1.74 bits per heavy atom. The van der Waals surface area contributed by atoms with Crippen LogP contribution < -0.4 is 15.4 Å². The SMILES string of the molecule is Cc1ccc(NC(=O)c2cc(F)cc(C(C)(C)C#N)c2)cc1C(=O)Nc1cncc(OC(C)C)c1. The van der Waals surface area contributed by atoms with Crippen molar-refractivity contribution in [1.29, 1.82) is 5.26 Å². The summed E-state index contributed by atoms with van der Waals surface area (Å²) in [6, 6.07) is 12.5. The Morgan fingerprint density at radius 3 is 2.43 bits per heavy atom. The first kappa shape index (κ1) is 25.4. The van der Waals surface area contributed by atoms with Crippen LogP contribution in [0.15, 0.2) is 54.9 Å². The van der Waals surface area contributed by atoms with Gasteiger partial charge in [-0.2, -0.15) is 5.26 Å². The molecule has 2 amide bonds. The van der Waals surface area contributed by atoms with E-state index in [1.165, 1.54) is 18.3 Å². The Morgan fingerprint density at radius 1 is 1.03 bits per heavy atom. The molecule has 7 nitrogen and oxygen atoms in total. The predicted octanol–water partition coefficient (Wildman–Crippen LogP) is 5.62. The molecular weight excluding hydrogens is 447 g/mol. The Bertz CT molecular complexity index is 1310. The molecule has 0 radical (unpaired) electrons. The van der Waals surface area contributed by atoms with Gasteiger partial charge >= 0.3 is 0 Å². The minimum Gasteiger partial charge on any atom is -0.489 e. The van der Waals surface area contributed by atoms with Gasteiger partial charge in [0, 0.05) is 22.9 Å². The van der Waals surface area contributed by atoms with Gasteiger partial charge in [-0.05, 0) is 76.1 Å². The van der Waals surface area contributed by atoms with E-state index in [1.807, 2.05) is 13.8 Å². The lowest BCUT2D eigenvalue weighted by molar-refractivity contribution is 0.101. The molecule has 0 spiro atoms. The summed E-state index contributed by atoms with van der Waals surface area (Å²) >= 11 is 0. The first-order valence-electron chi connectivity index (χ1n) is 11.1. The zero-order valence-electron chi connectivity index (χ0n) is 20.3. The van der Waals surface area contributed by atoms with Crippen molar-refractivity contribution < 1.29 is 18.7 Å². The predicted molar refractivity (Wildman–Crippen MR) is 132 cm³/mol. The Hall–Kier alpha value is -4.25. The van der Waals surface area contributed by atoms with Crippen molar-refractivity contribution in [2.24, 2.45) is 0 Å². The highest BCUT2D eigenvalue weighted by atomic mass is 19.1. The van der Waals surface area contributed by atoms with Gasteiger partial charge in [-0.1, -0.05) is 6.07 Å². The maximum atomic E-state index is 14.2. The number of rotatable bonds is 7. The van der Waals surface area contributed by atoms with Crippen molar-refractivity contribution in [3.63, 3.8) is 0 Å². The van der Waals surface area contributed by atoms with E-state index in [-0.39, 0.29) is 17.6 Å². The minimum absolute atomic E-state index is 0.0366. The van der Waals surface area contributed by atoms with Crippen molar-refractivity contribution in [3.05, 3.63) is 82.9 Å². The topological polar surface area (TPSA) is 104 Å². The van der Waals surface area contributed by atoms with Gasteiger partial charge in [0.05, 0.1) is 35.7 Å². The molecular formula is C27H27FN4O3. The number of amides is 2. The summed E-state index contributed by atoms with van der Waals surface area (Å²) < 4.78 is 19.8. The zero-order chi connectivity index (χ0) is 25.8. The summed E-state index contributed by atoms with van der Waals surface area (Å²) in [5.41, 5.74) is 1.39. The third kappa shape index (κ3) is 6.42. The number of hydrogen-bond acceptors (Lipinski definition) is 5. The van der Waals surface area contributed by atoms with Crippen molar-refractivity contribution in [2.75, 3.05) is 10.6 Å². The van der Waals surface area contributed by atoms with E-state index in [4.69, 9.17) is 4.74 Å². The number of nitriles is 1. The number of aromatic nitrogens is 1. The maximum absolute atomic E-state index is 14.2. The molecule has 1 heterocycles. The van der Waals surface area contributed by atoms with Crippen molar-refractivity contribution in [1.82, 2.24) is 4.98 Å². The number of nitrogens with one attached hydrogen (secondary N) is 2. The van der Waals surface area contributed by atoms with Crippen LogP contribution in [0, 0.1) is 24.1 Å². The van der Waals surface area contributed by atoms with E-state index in [0.29, 0.717) is 33.8 Å². The second-order valence-corrected chi connectivity index (χ2v) is 8.98. The fourth-order valence-electron chi connectivity index (χ4n) is 3.32. The molecule has 2 aromatic carbocycles. The molecule has 0 unspecified atom stereocenters. The summed E-state index contributed by atoms with van der Waals surface area (Å²) in [6.07, 6.45) is 3.04. The lowest BCUT2D eigenvalue weighted by atomic mass is 9.85. The number of aryl methyl sites for hydroxylation is 1. The lowest BCUT2D eigenvalue weighted by Gasteiger charge is -2.17. The summed E-state index contributed by atoms with van der Waals surface area (Å²) in [7, 11) is 0. The number of nitrogens with zero attached hydrogens (tertiary/aromatic N) is 2. The van der Waals surface area contributed by atoms with E-state index in [2.05, 4.69) is 21.7 Å². The molecule has 1 aromatic heterocycles. The van der Waals surface area contributed by atoms with Gasteiger partial charge in [-0.3, -0.25) is 14.6 Å². The lowest BCUT2D eigenvalue weighted by Crippen LogP contribution is -2.18. The largest absolute Gasteiger partial charge is 0.489 e. The van der Waals surface area contributed by atoms with E-state index in [0.717, 1.165) is 6.07 Å². The summed E-state index contributed by atoms with van der Waals surface area (Å²) in [5, 5.41) is 14.8. The van der Waals surface area contributed by atoms with Crippen LogP contribution in [0.1, 0.15) is 59.5 Å². The molecule has 0 bridgehead atoms. The molecule has 0 aliphatic rings. The zero-order valence-corrected chi connectivity index (χ0v) is 20.3. The molecule has 35 heavy (non-hydrogen) atoms. The fraction of sp³-hybridized carbons (Fsp3) is 0.259. The Balaban J connectivity index is 1.81. The van der Waals surface area contributed by atoms with Crippen molar-refractivity contribution in [2.45, 2.75) is 46.1 Å². The van der Waals surface area contributed by atoms with Gasteiger partial charge in [0.15, 0.2) is 0 Å². The number of carbonyl (C=O) groups is 2. The number of carbonyl (C=O) groups excluding carboxylic acids is 2. The van der Waals surface area contributed by atoms with Gasteiger partial charge in [0.2, 0.25) is 0 Å². The van der Waals surface area contributed by atoms with Crippen LogP contribution in [0.5, 0.6) is 5.75 Å². The van der Waals surface area contributed by atoms with Crippen LogP contribution >= 0.6 is 0 Å². The van der Waals surface area contributed by atoms with Crippen molar-refractivity contribution >= 4 is 23.2 Å². The molecule has 180 valence electrons. The third-order valence-electron chi connectivity index (χ3n) is 5.24. The molecule has 0 atom stereocenters. The van der Waals surface area contributed by atoms with E-state index in [9.17, 15) is 19.2 Å². The van der Waals surface area contributed by atoms with Crippen LogP contribution in [-0.2, 0) is 5.41 Å². The first-order chi connectivity index (χ1) is 16.5. The van der Waals surface area contributed by atoms with Crippen molar-refractivity contribution in [3.8, 4) is 11.8 Å². The molecule has 0 aliphatic heterocycles. The summed E-state index contributed by atoms with van der Waals surface area (Å²) in [5.74, 6) is -1.02. The molecule has 0 fully saturated rings. The van der Waals surface area contributed by atoms with Crippen LogP contribution in [-0.4, -0.2) is 22.9 Å². The number of hydrogen-bond donors (Lipinski definition) is 2. The van der Waals surface area contributed by atoms with Crippen LogP contribution in [0.2, 0.25) is 0 Å². The van der Waals surface area contributed by atoms with Gasteiger partial charge < -0.3 is 15.4 Å². The molecule has 0 saturated heterocycles. The smallest absolute Gasteiger partial charge is 0.256 e. The van der Waals surface area contributed by atoms with Gasteiger partial charge in [-0.15, -0.1) is 0 Å². The van der Waals surface area contributed by atoms with E-state index < -0.39 is 17.1 Å². The van der Waals surface area contributed by atoms with Gasteiger partial charge in [0.25, 0.3) is 11.8 Å². The normalized spacial score (nSPS) is 11.0. The quantitative estimate of drug-likeness (QED) is 0.462. The second kappa shape index (κ2) is 10.3. The summed E-state index contributed by atoms with van der Waals surface area (Å²) in [6.45, 7) is 8.86. The standard InChI is InChI=1S/C27H27FN4O3/c1-16(2)35-23-11-22(13-30-14-23)32-26(34)24-12-21(7-6-17(24)3)31-25(33)18-8-19(10-20(28)9-18)27(4,5)15-29/h6-14,16H,1-5H3,(H,31,33)(H,32,34). The average Bonchev–Trinajstić information content (AvgIpc) is 2.79. The van der Waals surface area contributed by atoms with Crippen LogP contribution in [0.3, 0.4) is 0 Å². The molecule has 3 aromatic rings. The molecule has 2 N–H and O–H groups in total. The Kier molecular flexibility index (Phi) is 7.50. The maximum Gasteiger partial charge on any atom is 0.256 e. The summed E-state index contributed by atoms with van der Waals surface area (Å²) in [4.78, 5) is 29.9. The highest BCUT2D eigenvalue weighted by Gasteiger charge is 2.22. The number of ether oxygens (including phenoxy) is 1. The monoisotopic (exact) mass is 474 g/mol. The second-order valence-electron chi connectivity index (χ2n) is 8.98. The van der Waals surface area contributed by atoms with Crippen LogP contribution in [0.4, 0.5) is 15.8 Å². The molecule has 3 rings (SSSR count). The molecule has 0 saturated carbocycles. The number of benzene rings is 2. The third-order valence-corrected chi connectivity index (χ3v) is 5.24.